The largest absolute Gasteiger partial charge is 0.478 e. The van der Waals surface area contributed by atoms with Crippen LogP contribution in [0.15, 0.2) is 45.8 Å². The van der Waals surface area contributed by atoms with Gasteiger partial charge in [0.25, 0.3) is 0 Å². The van der Waals surface area contributed by atoms with Crippen molar-refractivity contribution in [2.24, 2.45) is 0 Å². The van der Waals surface area contributed by atoms with Gasteiger partial charge in [0.1, 0.15) is 11.6 Å². The third kappa shape index (κ3) is 6.07. The van der Waals surface area contributed by atoms with Crippen LogP contribution in [0.25, 0.3) is 20.9 Å². The summed E-state index contributed by atoms with van der Waals surface area (Å²) in [5, 5.41) is 26.7. The molecule has 2 N–H and O–H groups in total. The summed E-state index contributed by atoms with van der Waals surface area (Å²) in [6.07, 6.45) is 1.70. The second-order valence-corrected chi connectivity index (χ2v) is 11.9. The van der Waals surface area contributed by atoms with Gasteiger partial charge in [0.05, 0.1) is 11.1 Å². The van der Waals surface area contributed by atoms with Gasteiger partial charge in [-0.25, -0.2) is 9.59 Å². The van der Waals surface area contributed by atoms with Gasteiger partial charge in [0.15, 0.2) is 0 Å². The third-order valence-corrected chi connectivity index (χ3v) is 9.39. The lowest BCUT2D eigenvalue weighted by molar-refractivity contribution is -0.120. The number of hydrogen-bond acceptors (Lipinski definition) is 8. The lowest BCUT2D eigenvalue weighted by atomic mass is 10.0. The monoisotopic (exact) mass is 558 g/mol. The molecule has 0 aromatic carbocycles. The van der Waals surface area contributed by atoms with E-state index in [1.807, 2.05) is 35.0 Å². The molecule has 4 aromatic heterocycles. The first kappa shape index (κ1) is 26.2. The van der Waals surface area contributed by atoms with Gasteiger partial charge in [-0.05, 0) is 35.7 Å². The predicted molar refractivity (Wildman–Crippen MR) is 145 cm³/mol. The Morgan fingerprint density at radius 1 is 0.639 bits per heavy atom. The van der Waals surface area contributed by atoms with Crippen molar-refractivity contribution in [2.75, 3.05) is 0 Å². The van der Waals surface area contributed by atoms with E-state index in [1.54, 1.807) is 10.8 Å². The molecule has 0 saturated heterocycles. The highest BCUT2D eigenvalue weighted by Crippen LogP contribution is 2.36. The van der Waals surface area contributed by atoms with E-state index in [0.717, 1.165) is 9.75 Å². The zero-order valence-electron chi connectivity index (χ0n) is 19.0. The Morgan fingerprint density at radius 3 is 1.39 bits per heavy atom. The highest BCUT2D eigenvalue weighted by Gasteiger charge is 2.23. The summed E-state index contributed by atoms with van der Waals surface area (Å²) in [5.41, 5.74) is 1.68. The molecule has 4 heterocycles. The van der Waals surface area contributed by atoms with Gasteiger partial charge in [-0.15, -0.1) is 45.3 Å². The fourth-order valence-corrected chi connectivity index (χ4v) is 7.71. The molecule has 0 atom stereocenters. The van der Waals surface area contributed by atoms with Crippen LogP contribution < -0.4 is 0 Å². The molecule has 0 spiro atoms. The molecule has 186 valence electrons. The van der Waals surface area contributed by atoms with Crippen LogP contribution in [0.2, 0.25) is 0 Å². The number of Topliss-reactive ketones (excluding diaryl/α,β-unsaturated/α-hetero) is 2. The average Bonchev–Trinajstić information content (AvgIpc) is 3.62. The van der Waals surface area contributed by atoms with E-state index in [4.69, 9.17) is 0 Å². The summed E-state index contributed by atoms with van der Waals surface area (Å²) in [6, 6.07) is 7.44. The van der Waals surface area contributed by atoms with Crippen molar-refractivity contribution < 1.29 is 29.4 Å². The maximum atomic E-state index is 12.5. The van der Waals surface area contributed by atoms with Gasteiger partial charge >= 0.3 is 11.9 Å². The zero-order chi connectivity index (χ0) is 25.7. The summed E-state index contributed by atoms with van der Waals surface area (Å²) in [7, 11) is 0. The zero-order valence-corrected chi connectivity index (χ0v) is 22.3. The molecule has 6 nitrogen and oxygen atoms in total. The molecule has 0 aliphatic rings. The molecular formula is C26H22O6S4. The summed E-state index contributed by atoms with van der Waals surface area (Å²) in [5.74, 6) is -2.19. The number of carbonyl (C=O) groups is 4. The molecule has 0 amide bonds. The summed E-state index contributed by atoms with van der Waals surface area (Å²) in [6.45, 7) is 0. The van der Waals surface area contributed by atoms with E-state index in [2.05, 4.69) is 0 Å². The molecule has 0 bridgehead atoms. The minimum absolute atomic E-state index is 0.0588. The smallest absolute Gasteiger partial charge is 0.337 e. The molecule has 36 heavy (non-hydrogen) atoms. The van der Waals surface area contributed by atoms with Crippen LogP contribution in [0, 0.1) is 0 Å². The Hall–Kier alpha value is -2.92. The molecule has 4 aromatic rings. The highest BCUT2D eigenvalue weighted by atomic mass is 32.1. The number of rotatable bonds is 13. The third-order valence-electron chi connectivity index (χ3n) is 5.61. The second kappa shape index (κ2) is 11.9. The summed E-state index contributed by atoms with van der Waals surface area (Å²) in [4.78, 5) is 51.5. The number of unbranched alkanes of at least 4 members (excludes halogenated alkanes) is 1. The maximum Gasteiger partial charge on any atom is 0.337 e. The molecule has 0 saturated carbocycles. The first-order valence-electron chi connectivity index (χ1n) is 11.1. The number of carboxylic acid groups (broad SMARTS) is 2. The number of ketones is 2. The minimum Gasteiger partial charge on any atom is -0.478 e. The molecule has 10 heteroatoms. The van der Waals surface area contributed by atoms with Crippen LogP contribution >= 0.6 is 45.3 Å². The molecule has 0 aliphatic heterocycles. The van der Waals surface area contributed by atoms with Gasteiger partial charge < -0.3 is 10.2 Å². The second-order valence-electron chi connectivity index (χ2n) is 8.10. The van der Waals surface area contributed by atoms with E-state index in [-0.39, 0.29) is 48.4 Å². The van der Waals surface area contributed by atoms with E-state index < -0.39 is 11.9 Å². The fraction of sp³-hybridized carbons (Fsp3) is 0.231. The van der Waals surface area contributed by atoms with E-state index in [0.29, 0.717) is 33.7 Å². The van der Waals surface area contributed by atoms with Crippen molar-refractivity contribution >= 4 is 68.9 Å². The Balaban J connectivity index is 1.28. The fourth-order valence-electron chi connectivity index (χ4n) is 3.93. The van der Waals surface area contributed by atoms with Crippen LogP contribution in [-0.2, 0) is 22.4 Å². The molecule has 0 radical (unpaired) electrons. The topological polar surface area (TPSA) is 109 Å². The van der Waals surface area contributed by atoms with Crippen molar-refractivity contribution in [3.63, 3.8) is 0 Å². The van der Waals surface area contributed by atoms with Crippen LogP contribution in [0.3, 0.4) is 0 Å². The Bertz CT molecular complexity index is 1270. The summed E-state index contributed by atoms with van der Waals surface area (Å²) < 4.78 is 0. The number of aromatic carboxylic acids is 2. The molecule has 0 unspecified atom stereocenters. The van der Waals surface area contributed by atoms with Crippen molar-refractivity contribution in [1.82, 2.24) is 0 Å². The summed E-state index contributed by atoms with van der Waals surface area (Å²) >= 11 is 5.49. The Morgan fingerprint density at radius 2 is 1.06 bits per heavy atom. The van der Waals surface area contributed by atoms with Gasteiger partial charge in [-0.3, -0.25) is 9.59 Å². The van der Waals surface area contributed by atoms with Crippen molar-refractivity contribution in [1.29, 1.82) is 0 Å². The molecule has 0 fully saturated rings. The van der Waals surface area contributed by atoms with Crippen LogP contribution in [0.4, 0.5) is 0 Å². The van der Waals surface area contributed by atoms with Crippen LogP contribution in [-0.4, -0.2) is 33.7 Å². The quantitative estimate of drug-likeness (QED) is 0.169. The highest BCUT2D eigenvalue weighted by molar-refractivity contribution is 7.15. The number of thiophene rings is 4. The standard InChI is InChI=1S/C26H22O6S4/c27-15(11-21-23(25(29)30)17(13-35-21)19-7-3-9-33-19)5-1-2-6-16(28)12-22-24(26(31)32)18(14-36-22)20-8-4-10-34-20/h3-4,7-10,13-14H,1-2,5-6,11-12H2,(H,29,30)(H,31,32). The maximum absolute atomic E-state index is 12.5. The van der Waals surface area contributed by atoms with E-state index >= 15 is 0 Å². The Kier molecular flexibility index (Phi) is 8.63. The van der Waals surface area contributed by atoms with Crippen molar-refractivity contribution in [3.05, 3.63) is 66.7 Å². The van der Waals surface area contributed by atoms with E-state index in [9.17, 15) is 29.4 Å². The van der Waals surface area contributed by atoms with Gasteiger partial charge in [0.2, 0.25) is 0 Å². The van der Waals surface area contributed by atoms with E-state index in [1.165, 1.54) is 45.3 Å². The lowest BCUT2D eigenvalue weighted by Gasteiger charge is -2.04. The number of carbonyl (C=O) groups excluding carboxylic acids is 2. The SMILES string of the molecule is O=C(CCCCC(=O)Cc1scc(-c2cccs2)c1C(=O)O)Cc1scc(-c2cccs2)c1C(=O)O. The lowest BCUT2D eigenvalue weighted by Crippen LogP contribution is -2.08. The molecule has 4 rings (SSSR count). The first-order valence-corrected chi connectivity index (χ1v) is 14.7. The van der Waals surface area contributed by atoms with Gasteiger partial charge in [0, 0.05) is 67.1 Å². The number of carboxylic acids is 2. The average molecular weight is 559 g/mol. The predicted octanol–water partition coefficient (Wildman–Crippen LogP) is 7.15. The van der Waals surface area contributed by atoms with Crippen molar-refractivity contribution in [3.8, 4) is 20.9 Å². The van der Waals surface area contributed by atoms with Crippen LogP contribution in [0.1, 0.15) is 56.2 Å². The molecule has 0 aliphatic carbocycles. The van der Waals surface area contributed by atoms with Crippen LogP contribution in [0.5, 0.6) is 0 Å². The minimum atomic E-state index is -1.04. The van der Waals surface area contributed by atoms with Gasteiger partial charge in [-0.1, -0.05) is 12.1 Å². The number of hydrogen-bond donors (Lipinski definition) is 2. The normalized spacial score (nSPS) is 11.0. The Labute approximate surface area is 223 Å². The first-order chi connectivity index (χ1) is 17.3. The van der Waals surface area contributed by atoms with Crippen molar-refractivity contribution in [2.45, 2.75) is 38.5 Å². The molecular weight excluding hydrogens is 537 g/mol. The van der Waals surface area contributed by atoms with Gasteiger partial charge in [-0.2, -0.15) is 0 Å².